The minimum atomic E-state index is -0.0703. The second-order valence-corrected chi connectivity index (χ2v) is 10.8. The summed E-state index contributed by atoms with van der Waals surface area (Å²) in [5, 5.41) is 10.3. The average Bonchev–Trinajstić information content (AvgIpc) is 3.33. The summed E-state index contributed by atoms with van der Waals surface area (Å²) < 4.78 is 1.62. The zero-order valence-electron chi connectivity index (χ0n) is 20.8. The fourth-order valence-electron chi connectivity index (χ4n) is 5.75. The molecule has 5 rings (SSSR count). The van der Waals surface area contributed by atoms with Gasteiger partial charge in [-0.1, -0.05) is 61.2 Å². The number of carbonyl (C=O) groups excluding carboxylic acids is 1. The van der Waals surface area contributed by atoms with Gasteiger partial charge in [-0.05, 0) is 61.9 Å². The highest BCUT2D eigenvalue weighted by Gasteiger charge is 2.28. The molecular weight excluding hydrogens is 472 g/mol. The van der Waals surface area contributed by atoms with Gasteiger partial charge in [0, 0.05) is 29.4 Å². The molecule has 2 fully saturated rings. The van der Waals surface area contributed by atoms with Crippen LogP contribution in [0.2, 0.25) is 5.02 Å². The van der Waals surface area contributed by atoms with E-state index in [0.29, 0.717) is 35.8 Å². The lowest BCUT2D eigenvalue weighted by Crippen LogP contribution is -2.44. The van der Waals surface area contributed by atoms with Crippen molar-refractivity contribution in [2.45, 2.75) is 64.0 Å². The molecule has 2 aliphatic rings. The van der Waals surface area contributed by atoms with E-state index in [1.807, 2.05) is 48.5 Å². The van der Waals surface area contributed by atoms with E-state index in [1.54, 1.807) is 4.68 Å². The van der Waals surface area contributed by atoms with Crippen LogP contribution in [-0.4, -0.2) is 46.3 Å². The Bertz CT molecular complexity index is 1250. The van der Waals surface area contributed by atoms with Crippen LogP contribution in [0.4, 0.5) is 0 Å². The lowest BCUT2D eigenvalue weighted by Gasteiger charge is -2.26. The molecule has 6 nitrogen and oxygen atoms in total. The van der Waals surface area contributed by atoms with Crippen molar-refractivity contribution >= 4 is 28.3 Å². The first-order chi connectivity index (χ1) is 17.6. The maximum Gasteiger partial charge on any atom is 0.274 e. The highest BCUT2D eigenvalue weighted by Crippen LogP contribution is 2.23. The Morgan fingerprint density at radius 3 is 2.50 bits per heavy atom. The van der Waals surface area contributed by atoms with E-state index in [4.69, 9.17) is 16.7 Å². The molecule has 1 unspecified atom stereocenters. The molecule has 2 heterocycles. The van der Waals surface area contributed by atoms with E-state index in [-0.39, 0.29) is 17.5 Å². The second kappa shape index (κ2) is 11.6. The molecule has 1 N–H and O–H groups in total. The second-order valence-electron chi connectivity index (χ2n) is 10.4. The van der Waals surface area contributed by atoms with Gasteiger partial charge < -0.3 is 5.32 Å². The number of amides is 1. The van der Waals surface area contributed by atoms with E-state index >= 15 is 0 Å². The molecule has 1 aliphatic carbocycles. The Morgan fingerprint density at radius 1 is 0.972 bits per heavy atom. The SMILES string of the molecule is O=C(CN1CCCC1Cn1nc(Cc2ccc(Cl)cc2)c2ccccc2c1=O)NCC1CCCCC1. The van der Waals surface area contributed by atoms with Gasteiger partial charge in [0.2, 0.25) is 5.91 Å². The number of nitrogens with zero attached hydrogens (tertiary/aromatic N) is 3. The van der Waals surface area contributed by atoms with Crippen molar-refractivity contribution in [2.75, 3.05) is 19.6 Å². The summed E-state index contributed by atoms with van der Waals surface area (Å²) in [6.07, 6.45) is 8.94. The van der Waals surface area contributed by atoms with Gasteiger partial charge in [0.25, 0.3) is 5.56 Å². The smallest absolute Gasteiger partial charge is 0.274 e. The number of fused-ring (bicyclic) bond motifs is 1. The van der Waals surface area contributed by atoms with E-state index in [0.717, 1.165) is 42.6 Å². The maximum absolute atomic E-state index is 13.4. The van der Waals surface area contributed by atoms with Crippen LogP contribution in [0.25, 0.3) is 10.8 Å². The van der Waals surface area contributed by atoms with Gasteiger partial charge in [-0.25, -0.2) is 4.68 Å². The fourth-order valence-corrected chi connectivity index (χ4v) is 5.88. The maximum atomic E-state index is 13.4. The number of hydrogen-bond donors (Lipinski definition) is 1. The van der Waals surface area contributed by atoms with Crippen LogP contribution in [0, 0.1) is 5.92 Å². The number of likely N-dealkylation sites (tertiary alicyclic amines) is 1. The number of carbonyl (C=O) groups is 1. The van der Waals surface area contributed by atoms with Crippen molar-refractivity contribution in [1.82, 2.24) is 20.0 Å². The molecule has 1 aliphatic heterocycles. The van der Waals surface area contributed by atoms with E-state index in [1.165, 1.54) is 32.1 Å². The molecule has 7 heteroatoms. The molecule has 0 spiro atoms. The van der Waals surface area contributed by atoms with Crippen molar-refractivity contribution in [1.29, 1.82) is 0 Å². The van der Waals surface area contributed by atoms with Gasteiger partial charge in [-0.15, -0.1) is 0 Å². The molecule has 36 heavy (non-hydrogen) atoms. The predicted molar refractivity (Wildman–Crippen MR) is 144 cm³/mol. The first kappa shape index (κ1) is 25.0. The zero-order chi connectivity index (χ0) is 24.9. The third kappa shape index (κ3) is 5.98. The van der Waals surface area contributed by atoms with Crippen LogP contribution < -0.4 is 10.9 Å². The molecule has 190 valence electrons. The number of benzene rings is 2. The fraction of sp³-hybridized carbons (Fsp3) is 0.483. The van der Waals surface area contributed by atoms with Crippen LogP contribution in [0.15, 0.2) is 53.3 Å². The molecule has 1 atom stereocenters. The molecule has 1 amide bonds. The van der Waals surface area contributed by atoms with Gasteiger partial charge in [0.05, 0.1) is 24.2 Å². The molecular formula is C29H35ClN4O2. The summed E-state index contributed by atoms with van der Waals surface area (Å²) in [6.45, 7) is 2.54. The predicted octanol–water partition coefficient (Wildman–Crippen LogP) is 4.80. The minimum absolute atomic E-state index is 0.0703. The van der Waals surface area contributed by atoms with Crippen LogP contribution >= 0.6 is 11.6 Å². The first-order valence-electron chi connectivity index (χ1n) is 13.3. The van der Waals surface area contributed by atoms with Crippen LogP contribution in [-0.2, 0) is 17.8 Å². The highest BCUT2D eigenvalue weighted by atomic mass is 35.5. The van der Waals surface area contributed by atoms with Gasteiger partial charge >= 0.3 is 0 Å². The van der Waals surface area contributed by atoms with Crippen molar-refractivity contribution in [3.05, 3.63) is 75.2 Å². The summed E-state index contributed by atoms with van der Waals surface area (Å²) in [5.41, 5.74) is 1.90. The molecule has 2 aromatic carbocycles. The van der Waals surface area contributed by atoms with Crippen molar-refractivity contribution in [3.8, 4) is 0 Å². The molecule has 1 saturated heterocycles. The first-order valence-corrected chi connectivity index (χ1v) is 13.7. The van der Waals surface area contributed by atoms with Gasteiger partial charge in [0.15, 0.2) is 0 Å². The Labute approximate surface area is 217 Å². The Kier molecular flexibility index (Phi) is 8.02. The lowest BCUT2D eigenvalue weighted by atomic mass is 9.89. The normalized spacial score (nSPS) is 19.1. The summed E-state index contributed by atoms with van der Waals surface area (Å²) in [5.74, 6) is 0.714. The Hall–Kier alpha value is -2.70. The summed E-state index contributed by atoms with van der Waals surface area (Å²) >= 11 is 6.07. The largest absolute Gasteiger partial charge is 0.355 e. The summed E-state index contributed by atoms with van der Waals surface area (Å²) in [4.78, 5) is 28.3. The number of rotatable bonds is 8. The van der Waals surface area contributed by atoms with Crippen molar-refractivity contribution in [2.24, 2.45) is 5.92 Å². The highest BCUT2D eigenvalue weighted by molar-refractivity contribution is 6.30. The third-order valence-electron chi connectivity index (χ3n) is 7.77. The van der Waals surface area contributed by atoms with Crippen LogP contribution in [0.5, 0.6) is 0 Å². The molecule has 3 aromatic rings. The monoisotopic (exact) mass is 506 g/mol. The third-order valence-corrected chi connectivity index (χ3v) is 8.02. The standard InChI is InChI=1S/C29H35ClN4O2/c30-23-14-12-21(13-15-23)17-27-25-10-4-5-11-26(25)29(36)34(32-27)19-24-9-6-16-33(24)20-28(35)31-18-22-7-2-1-3-8-22/h4-5,10-15,22,24H,1-3,6-9,16-20H2,(H,31,35). The number of aromatic nitrogens is 2. The molecule has 0 radical (unpaired) electrons. The van der Waals surface area contributed by atoms with Crippen LogP contribution in [0.3, 0.4) is 0 Å². The van der Waals surface area contributed by atoms with Crippen LogP contribution in [0.1, 0.15) is 56.2 Å². The molecule has 0 bridgehead atoms. The Balaban J connectivity index is 1.30. The van der Waals surface area contributed by atoms with Crippen molar-refractivity contribution < 1.29 is 4.79 Å². The quantitative estimate of drug-likeness (QED) is 0.476. The Morgan fingerprint density at radius 2 is 1.72 bits per heavy atom. The summed E-state index contributed by atoms with van der Waals surface area (Å²) in [7, 11) is 0. The number of nitrogens with one attached hydrogen (secondary N) is 1. The van der Waals surface area contributed by atoms with E-state index in [9.17, 15) is 9.59 Å². The van der Waals surface area contributed by atoms with E-state index in [2.05, 4.69) is 10.2 Å². The van der Waals surface area contributed by atoms with E-state index < -0.39 is 0 Å². The molecule has 1 aromatic heterocycles. The van der Waals surface area contributed by atoms with Gasteiger partial charge in [-0.2, -0.15) is 5.10 Å². The average molecular weight is 507 g/mol. The van der Waals surface area contributed by atoms with Gasteiger partial charge in [0.1, 0.15) is 0 Å². The lowest BCUT2D eigenvalue weighted by molar-refractivity contribution is -0.122. The van der Waals surface area contributed by atoms with Gasteiger partial charge in [-0.3, -0.25) is 14.5 Å². The topological polar surface area (TPSA) is 67.2 Å². The number of halogens is 1. The van der Waals surface area contributed by atoms with Crippen molar-refractivity contribution in [3.63, 3.8) is 0 Å². The minimum Gasteiger partial charge on any atom is -0.355 e. The zero-order valence-corrected chi connectivity index (χ0v) is 21.6. The summed E-state index contributed by atoms with van der Waals surface area (Å²) in [6, 6.07) is 15.6. The molecule has 1 saturated carbocycles. The number of hydrogen-bond acceptors (Lipinski definition) is 4.